The number of amides is 4. The van der Waals surface area contributed by atoms with E-state index in [0.717, 1.165) is 6.07 Å². The van der Waals surface area contributed by atoms with Crippen LogP contribution in [0.25, 0.3) is 11.3 Å². The first-order valence-electron chi connectivity index (χ1n) is 6.22. The summed E-state index contributed by atoms with van der Waals surface area (Å²) in [6, 6.07) is -1.04. The van der Waals surface area contributed by atoms with Gasteiger partial charge in [0.25, 0.3) is 5.95 Å². The molecule has 0 saturated heterocycles. The Labute approximate surface area is 136 Å². The molecule has 25 heavy (non-hydrogen) atoms. The predicted molar refractivity (Wildman–Crippen MR) is 77.6 cm³/mol. The highest BCUT2D eigenvalue weighted by molar-refractivity contribution is 5.93. The zero-order valence-electron chi connectivity index (χ0n) is 12.2. The van der Waals surface area contributed by atoms with Gasteiger partial charge >= 0.3 is 12.1 Å². The Kier molecular flexibility index (Phi) is 4.66. The number of halogens is 3. The number of hydrazine groups is 2. The Bertz CT molecular complexity index is 863. The quantitative estimate of drug-likeness (QED) is 0.246. The molecule has 0 saturated carbocycles. The normalized spacial score (nSPS) is 10.4. The average molecular weight is 357 g/mol. The second kappa shape index (κ2) is 6.54. The fourth-order valence-corrected chi connectivity index (χ4v) is 1.67. The summed E-state index contributed by atoms with van der Waals surface area (Å²) in [5.41, 5.74) is 8.74. The van der Waals surface area contributed by atoms with E-state index in [4.69, 9.17) is 23.2 Å². The van der Waals surface area contributed by atoms with Gasteiger partial charge in [-0.15, -0.1) is 10.2 Å². The van der Waals surface area contributed by atoms with Gasteiger partial charge in [0.15, 0.2) is 23.3 Å². The van der Waals surface area contributed by atoms with Crippen LogP contribution >= 0.6 is 0 Å². The molecule has 1 aromatic heterocycles. The molecule has 1 heterocycles. The minimum Gasteiger partial charge on any atom is -0.350 e. The molecular formula is C11H10F3N9O2. The Morgan fingerprint density at radius 2 is 1.52 bits per heavy atom. The Morgan fingerprint density at radius 3 is 2.08 bits per heavy atom. The number of carbonyl (C=O) groups excluding carboxylic acids is 2. The lowest BCUT2D eigenvalue weighted by molar-refractivity contribution is 0.253. The van der Waals surface area contributed by atoms with E-state index >= 15 is 0 Å². The van der Waals surface area contributed by atoms with Gasteiger partial charge in [-0.1, -0.05) is 0 Å². The summed E-state index contributed by atoms with van der Waals surface area (Å²) in [5, 5.41) is 7.34. The first-order chi connectivity index (χ1) is 11.6. The van der Waals surface area contributed by atoms with Crippen molar-refractivity contribution in [2.75, 3.05) is 10.0 Å². The van der Waals surface area contributed by atoms with E-state index in [1.807, 2.05) is 0 Å². The van der Waals surface area contributed by atoms with E-state index in [1.54, 1.807) is 0 Å². The van der Waals surface area contributed by atoms with Crippen molar-refractivity contribution >= 4 is 23.8 Å². The van der Waals surface area contributed by atoms with Crippen LogP contribution in [0.4, 0.5) is 34.5 Å². The molecule has 11 nitrogen and oxygen atoms in total. The molecule has 0 spiro atoms. The maximum atomic E-state index is 14.0. The number of benzene rings is 1. The lowest BCUT2D eigenvalue weighted by atomic mass is 10.1. The summed E-state index contributed by atoms with van der Waals surface area (Å²) in [4.78, 5) is 25.9. The molecule has 0 bridgehead atoms. The molecule has 2 aromatic rings. The molecule has 4 amide bonds. The third-order valence-electron chi connectivity index (χ3n) is 2.87. The van der Waals surface area contributed by atoms with Crippen LogP contribution in [-0.2, 0) is 0 Å². The molecule has 0 aliphatic rings. The molecule has 14 heteroatoms. The van der Waals surface area contributed by atoms with E-state index < -0.39 is 52.5 Å². The second-order valence-electron chi connectivity index (χ2n) is 4.42. The maximum Gasteiger partial charge on any atom is 0.336 e. The first-order valence-corrected chi connectivity index (χ1v) is 6.22. The fraction of sp³-hybridized carbons (Fsp3) is 0. The number of aromatic nitrogens is 3. The average Bonchev–Trinajstić information content (AvgIpc) is 2.58. The first kappa shape index (κ1) is 17.8. The van der Waals surface area contributed by atoms with Gasteiger partial charge in [0.1, 0.15) is 5.69 Å². The number of primary amides is 2. The highest BCUT2D eigenvalue weighted by Gasteiger charge is 2.25. The molecular weight excluding hydrogens is 347 g/mol. The Hall–Kier alpha value is -3.52. The van der Waals surface area contributed by atoms with Gasteiger partial charge in [-0.05, 0) is 12.1 Å². The van der Waals surface area contributed by atoms with Crippen LogP contribution in [0.2, 0.25) is 0 Å². The summed E-state index contributed by atoms with van der Waals surface area (Å²) in [5.74, 6) is 4.53. The fourth-order valence-electron chi connectivity index (χ4n) is 1.67. The van der Waals surface area contributed by atoms with Crippen molar-refractivity contribution in [3.8, 4) is 11.3 Å². The smallest absolute Gasteiger partial charge is 0.336 e. The molecule has 1 aromatic carbocycles. The molecule has 132 valence electrons. The van der Waals surface area contributed by atoms with E-state index in [-0.39, 0.29) is 10.0 Å². The summed E-state index contributed by atoms with van der Waals surface area (Å²) < 4.78 is 40.5. The number of anilines is 2. The van der Waals surface area contributed by atoms with Gasteiger partial charge in [0.05, 0.1) is 0 Å². The number of nitrogens with two attached hydrogens (primary N) is 4. The summed E-state index contributed by atoms with van der Waals surface area (Å²) >= 11 is 0. The maximum absolute atomic E-state index is 14.0. The Balaban J connectivity index is 2.71. The lowest BCUT2D eigenvalue weighted by Crippen LogP contribution is -2.45. The van der Waals surface area contributed by atoms with E-state index in [9.17, 15) is 22.8 Å². The largest absolute Gasteiger partial charge is 0.350 e. The van der Waals surface area contributed by atoms with Gasteiger partial charge in [0, 0.05) is 5.56 Å². The van der Waals surface area contributed by atoms with Crippen molar-refractivity contribution in [3.63, 3.8) is 0 Å². The number of hydrogen-bond donors (Lipinski definition) is 4. The van der Waals surface area contributed by atoms with Crippen molar-refractivity contribution in [2.24, 2.45) is 23.2 Å². The molecule has 0 radical (unpaired) electrons. The van der Waals surface area contributed by atoms with Crippen LogP contribution in [0, 0.1) is 17.5 Å². The molecule has 0 aliphatic heterocycles. The predicted octanol–water partition coefficient (Wildman–Crippen LogP) is -0.526. The van der Waals surface area contributed by atoms with Crippen LogP contribution in [0.3, 0.4) is 0 Å². The number of urea groups is 2. The van der Waals surface area contributed by atoms with Gasteiger partial charge < -0.3 is 11.5 Å². The van der Waals surface area contributed by atoms with Gasteiger partial charge in [-0.2, -0.15) is 9.99 Å². The number of rotatable bonds is 3. The van der Waals surface area contributed by atoms with E-state index in [2.05, 4.69) is 15.2 Å². The topological polar surface area (TPSA) is 183 Å². The standard InChI is InChI=1S/C11H10F3N9O2/c12-4-2-1-3(5(13)6(4)14)7-8(22(17)9(15)24)19-11(21-20-7)23(18)10(16)25/h1-2H,17-18H2,(H2,15,24)(H2,16,25). The number of carbonyl (C=O) groups is 2. The minimum atomic E-state index is -1.80. The van der Waals surface area contributed by atoms with Crippen molar-refractivity contribution in [2.45, 2.75) is 0 Å². The molecule has 0 unspecified atom stereocenters. The third-order valence-corrected chi connectivity index (χ3v) is 2.87. The minimum absolute atomic E-state index is 0.211. The molecule has 0 atom stereocenters. The summed E-state index contributed by atoms with van der Waals surface area (Å²) in [6.07, 6.45) is 0. The van der Waals surface area contributed by atoms with Crippen molar-refractivity contribution in [3.05, 3.63) is 29.6 Å². The SMILES string of the molecule is NC(=O)N(N)c1nnc(-c2ccc(F)c(F)c2F)c(N(N)C(N)=O)n1. The molecule has 0 fully saturated rings. The van der Waals surface area contributed by atoms with Crippen molar-refractivity contribution in [1.29, 1.82) is 0 Å². The third kappa shape index (κ3) is 3.24. The zero-order chi connectivity index (χ0) is 18.9. The van der Waals surface area contributed by atoms with Gasteiger partial charge in [-0.25, -0.2) is 39.5 Å². The second-order valence-corrected chi connectivity index (χ2v) is 4.42. The van der Waals surface area contributed by atoms with E-state index in [1.165, 1.54) is 0 Å². The van der Waals surface area contributed by atoms with Crippen molar-refractivity contribution in [1.82, 2.24) is 15.2 Å². The van der Waals surface area contributed by atoms with E-state index in [0.29, 0.717) is 6.07 Å². The van der Waals surface area contributed by atoms with Crippen LogP contribution in [0.1, 0.15) is 0 Å². The van der Waals surface area contributed by atoms with Crippen LogP contribution < -0.4 is 33.2 Å². The number of hydrogen-bond acceptors (Lipinski definition) is 7. The lowest BCUT2D eigenvalue weighted by Gasteiger charge is -2.18. The molecule has 8 N–H and O–H groups in total. The Morgan fingerprint density at radius 1 is 0.920 bits per heavy atom. The van der Waals surface area contributed by atoms with Gasteiger partial charge in [0.2, 0.25) is 0 Å². The van der Waals surface area contributed by atoms with Crippen molar-refractivity contribution < 1.29 is 22.8 Å². The monoisotopic (exact) mass is 357 g/mol. The zero-order valence-corrected chi connectivity index (χ0v) is 12.2. The highest BCUT2D eigenvalue weighted by Crippen LogP contribution is 2.30. The molecule has 0 aliphatic carbocycles. The summed E-state index contributed by atoms with van der Waals surface area (Å²) in [7, 11) is 0. The number of nitrogens with zero attached hydrogens (tertiary/aromatic N) is 5. The van der Waals surface area contributed by atoms with Crippen LogP contribution in [0.5, 0.6) is 0 Å². The summed E-state index contributed by atoms with van der Waals surface area (Å²) in [6.45, 7) is 0. The molecule has 2 rings (SSSR count). The van der Waals surface area contributed by atoms with Crippen LogP contribution in [-0.4, -0.2) is 27.2 Å². The van der Waals surface area contributed by atoms with Crippen LogP contribution in [0.15, 0.2) is 12.1 Å². The van der Waals surface area contributed by atoms with Gasteiger partial charge in [-0.3, -0.25) is 0 Å². The highest BCUT2D eigenvalue weighted by atomic mass is 19.2.